The van der Waals surface area contributed by atoms with Crippen molar-refractivity contribution in [3.8, 4) is 0 Å². The third-order valence-corrected chi connectivity index (χ3v) is 6.14. The maximum atomic E-state index is 12.7. The van der Waals surface area contributed by atoms with Gasteiger partial charge in [-0.05, 0) is 55.7 Å². The lowest BCUT2D eigenvalue weighted by Gasteiger charge is -2.33. The van der Waals surface area contributed by atoms with Crippen LogP contribution in [0.1, 0.15) is 16.7 Å². The first-order valence-corrected chi connectivity index (χ1v) is 10.3. The number of morpholine rings is 1. The van der Waals surface area contributed by atoms with Gasteiger partial charge in [-0.1, -0.05) is 24.3 Å². The summed E-state index contributed by atoms with van der Waals surface area (Å²) >= 11 is 0. The number of carbonyl (C=O) groups excluding carboxylic acids is 1. The van der Waals surface area contributed by atoms with Crippen molar-refractivity contribution in [1.82, 2.24) is 4.72 Å². The topological polar surface area (TPSA) is 75.7 Å². The number of benzene rings is 2. The number of aryl methyl sites for hydroxylation is 3. The van der Waals surface area contributed by atoms with E-state index in [0.29, 0.717) is 12.1 Å². The van der Waals surface area contributed by atoms with E-state index in [9.17, 15) is 13.2 Å². The molecule has 1 saturated heterocycles. The van der Waals surface area contributed by atoms with E-state index in [0.717, 1.165) is 16.8 Å². The predicted octanol–water partition coefficient (Wildman–Crippen LogP) is 2.32. The fourth-order valence-corrected chi connectivity index (χ4v) is 4.46. The molecule has 0 saturated carbocycles. The first-order chi connectivity index (χ1) is 12.8. The molecule has 144 valence electrons. The van der Waals surface area contributed by atoms with Gasteiger partial charge in [0.2, 0.25) is 10.0 Å². The molecule has 7 heteroatoms. The van der Waals surface area contributed by atoms with E-state index in [2.05, 4.69) is 4.72 Å². The second kappa shape index (κ2) is 7.80. The molecule has 1 N–H and O–H groups in total. The van der Waals surface area contributed by atoms with Crippen LogP contribution >= 0.6 is 0 Å². The van der Waals surface area contributed by atoms with Gasteiger partial charge < -0.3 is 9.64 Å². The van der Waals surface area contributed by atoms with Crippen molar-refractivity contribution in [3.05, 3.63) is 59.2 Å². The lowest BCUT2D eigenvalue weighted by Crippen LogP contribution is -2.50. The van der Waals surface area contributed by atoms with Crippen LogP contribution in [0.3, 0.4) is 0 Å². The average Bonchev–Trinajstić information content (AvgIpc) is 2.63. The number of amides is 1. The Bertz CT molecular complexity index is 956. The minimum Gasteiger partial charge on any atom is -0.365 e. The van der Waals surface area contributed by atoms with Crippen LogP contribution in [0.15, 0.2) is 47.4 Å². The quantitative estimate of drug-likeness (QED) is 0.853. The Kier molecular flexibility index (Phi) is 5.64. The number of ether oxygens (including phenoxy) is 1. The van der Waals surface area contributed by atoms with E-state index in [1.165, 1.54) is 0 Å². The number of hydrogen-bond acceptors (Lipinski definition) is 4. The fraction of sp³-hybridized carbons (Fsp3) is 0.350. The summed E-state index contributed by atoms with van der Waals surface area (Å²) in [5.41, 5.74) is 3.42. The van der Waals surface area contributed by atoms with Gasteiger partial charge in [-0.15, -0.1) is 0 Å². The molecule has 0 spiro atoms. The standard InChI is InChI=1S/C20H24N2O4S/c1-14-5-4-6-17(9-14)22-12-18(26-13-20(22)23)11-21-27(24,25)19-10-15(2)7-8-16(19)3/h4-10,18,21H,11-13H2,1-3H3. The number of sulfonamides is 1. The zero-order chi connectivity index (χ0) is 19.6. The summed E-state index contributed by atoms with van der Waals surface area (Å²) < 4.78 is 33.5. The minimum atomic E-state index is -3.65. The molecule has 3 rings (SSSR count). The van der Waals surface area contributed by atoms with Crippen LogP contribution in [-0.4, -0.2) is 40.1 Å². The van der Waals surface area contributed by atoms with E-state index in [-0.39, 0.29) is 24.0 Å². The highest BCUT2D eigenvalue weighted by molar-refractivity contribution is 7.89. The molecule has 0 radical (unpaired) electrons. The third-order valence-electron chi connectivity index (χ3n) is 4.58. The summed E-state index contributed by atoms with van der Waals surface area (Å²) in [7, 11) is -3.65. The van der Waals surface area contributed by atoms with E-state index in [1.54, 1.807) is 24.0 Å². The summed E-state index contributed by atoms with van der Waals surface area (Å²) in [6.45, 7) is 5.92. The van der Waals surface area contributed by atoms with Crippen molar-refractivity contribution < 1.29 is 17.9 Å². The van der Waals surface area contributed by atoms with Crippen LogP contribution in [0.25, 0.3) is 0 Å². The first kappa shape index (κ1) is 19.5. The summed E-state index contributed by atoms with van der Waals surface area (Å²) in [5, 5.41) is 0. The second-order valence-electron chi connectivity index (χ2n) is 6.90. The Labute approximate surface area is 160 Å². The third kappa shape index (κ3) is 4.55. The second-order valence-corrected chi connectivity index (χ2v) is 8.63. The molecule has 1 fully saturated rings. The molecule has 1 aliphatic rings. The van der Waals surface area contributed by atoms with Crippen molar-refractivity contribution in [3.63, 3.8) is 0 Å². The van der Waals surface area contributed by atoms with Crippen molar-refractivity contribution in [2.45, 2.75) is 31.8 Å². The molecule has 0 aromatic heterocycles. The highest BCUT2D eigenvalue weighted by atomic mass is 32.2. The summed E-state index contributed by atoms with van der Waals surface area (Å²) in [6.07, 6.45) is -0.414. The summed E-state index contributed by atoms with van der Waals surface area (Å²) in [6, 6.07) is 13.0. The Morgan fingerprint density at radius 3 is 2.59 bits per heavy atom. The molecule has 6 nitrogen and oxygen atoms in total. The monoisotopic (exact) mass is 388 g/mol. The van der Waals surface area contributed by atoms with Gasteiger partial charge in [-0.25, -0.2) is 13.1 Å². The van der Waals surface area contributed by atoms with E-state index < -0.39 is 16.1 Å². The van der Waals surface area contributed by atoms with Crippen LogP contribution < -0.4 is 9.62 Å². The normalized spacial score (nSPS) is 18.0. The molecule has 27 heavy (non-hydrogen) atoms. The molecule has 1 unspecified atom stereocenters. The maximum absolute atomic E-state index is 12.7. The summed E-state index contributed by atoms with van der Waals surface area (Å²) in [5.74, 6) is -0.130. The molecule has 1 aliphatic heterocycles. The zero-order valence-corrected chi connectivity index (χ0v) is 16.5. The minimum absolute atomic E-state index is 0.0657. The van der Waals surface area contributed by atoms with Crippen molar-refractivity contribution in [2.24, 2.45) is 0 Å². The van der Waals surface area contributed by atoms with Crippen LogP contribution in [0.5, 0.6) is 0 Å². The van der Waals surface area contributed by atoms with Gasteiger partial charge in [0.1, 0.15) is 6.61 Å². The molecule has 1 heterocycles. The van der Waals surface area contributed by atoms with Gasteiger partial charge in [-0.3, -0.25) is 4.79 Å². The molecule has 1 amide bonds. The maximum Gasteiger partial charge on any atom is 0.253 e. The number of rotatable bonds is 5. The molecule has 1 atom stereocenters. The summed E-state index contributed by atoms with van der Waals surface area (Å²) in [4.78, 5) is 14.1. The van der Waals surface area contributed by atoms with Gasteiger partial charge >= 0.3 is 0 Å². The van der Waals surface area contributed by atoms with Gasteiger partial charge in [0, 0.05) is 12.2 Å². The molecular formula is C20H24N2O4S. The average molecular weight is 388 g/mol. The van der Waals surface area contributed by atoms with E-state index in [1.807, 2.05) is 44.2 Å². The number of nitrogens with zero attached hydrogens (tertiary/aromatic N) is 1. The van der Waals surface area contributed by atoms with Crippen LogP contribution in [0.2, 0.25) is 0 Å². The lowest BCUT2D eigenvalue weighted by molar-refractivity contribution is -0.129. The predicted molar refractivity (Wildman–Crippen MR) is 104 cm³/mol. The van der Waals surface area contributed by atoms with Gasteiger partial charge in [0.15, 0.2) is 0 Å². The fourth-order valence-electron chi connectivity index (χ4n) is 3.07. The SMILES string of the molecule is Cc1cccc(N2CC(CNS(=O)(=O)c3cc(C)ccc3C)OCC2=O)c1. The van der Waals surface area contributed by atoms with Crippen LogP contribution in [0.4, 0.5) is 5.69 Å². The van der Waals surface area contributed by atoms with Crippen LogP contribution in [-0.2, 0) is 19.6 Å². The molecule has 0 bridgehead atoms. The Hall–Kier alpha value is -2.22. The van der Waals surface area contributed by atoms with Crippen LogP contribution in [0, 0.1) is 20.8 Å². The Balaban J connectivity index is 1.71. The number of carbonyl (C=O) groups is 1. The smallest absolute Gasteiger partial charge is 0.253 e. The highest BCUT2D eigenvalue weighted by Crippen LogP contribution is 2.21. The number of hydrogen-bond donors (Lipinski definition) is 1. The van der Waals surface area contributed by atoms with Crippen molar-refractivity contribution in [2.75, 3.05) is 24.6 Å². The van der Waals surface area contributed by atoms with E-state index in [4.69, 9.17) is 4.74 Å². The van der Waals surface area contributed by atoms with Crippen molar-refractivity contribution in [1.29, 1.82) is 0 Å². The van der Waals surface area contributed by atoms with Gasteiger partial charge in [0.25, 0.3) is 5.91 Å². The molecule has 0 aliphatic carbocycles. The van der Waals surface area contributed by atoms with E-state index >= 15 is 0 Å². The number of nitrogens with one attached hydrogen (secondary N) is 1. The molecule has 2 aromatic carbocycles. The first-order valence-electron chi connectivity index (χ1n) is 8.82. The molecular weight excluding hydrogens is 364 g/mol. The molecule has 2 aromatic rings. The van der Waals surface area contributed by atoms with Crippen molar-refractivity contribution >= 4 is 21.6 Å². The Morgan fingerprint density at radius 2 is 1.85 bits per heavy atom. The van der Waals surface area contributed by atoms with Gasteiger partial charge in [0.05, 0.1) is 17.5 Å². The lowest BCUT2D eigenvalue weighted by atomic mass is 10.2. The largest absolute Gasteiger partial charge is 0.365 e. The highest BCUT2D eigenvalue weighted by Gasteiger charge is 2.29. The zero-order valence-electron chi connectivity index (χ0n) is 15.7. The number of anilines is 1. The Morgan fingerprint density at radius 1 is 1.11 bits per heavy atom. The van der Waals surface area contributed by atoms with Gasteiger partial charge in [-0.2, -0.15) is 0 Å².